The average molecular weight is 295 g/mol. The van der Waals surface area contributed by atoms with Crippen molar-refractivity contribution in [2.75, 3.05) is 5.32 Å². The molecule has 3 N–H and O–H groups in total. The van der Waals surface area contributed by atoms with Crippen LogP contribution < -0.4 is 10.5 Å². The fourth-order valence-electron chi connectivity index (χ4n) is 1.71. The van der Waals surface area contributed by atoms with Gasteiger partial charge in [0, 0.05) is 11.8 Å². The van der Waals surface area contributed by atoms with Crippen LogP contribution in [-0.2, 0) is 10.0 Å². The van der Waals surface area contributed by atoms with Crippen LogP contribution >= 0.6 is 0 Å². The van der Waals surface area contributed by atoms with Crippen molar-refractivity contribution in [1.82, 2.24) is 5.16 Å². The van der Waals surface area contributed by atoms with Gasteiger partial charge in [-0.05, 0) is 31.5 Å². The van der Waals surface area contributed by atoms with Crippen LogP contribution in [0.5, 0.6) is 0 Å². The van der Waals surface area contributed by atoms with Crippen molar-refractivity contribution in [2.45, 2.75) is 18.7 Å². The molecule has 0 saturated heterocycles. The number of aromatic nitrogens is 1. The lowest BCUT2D eigenvalue weighted by Crippen LogP contribution is -2.16. The molecule has 1 heterocycles. The van der Waals surface area contributed by atoms with Gasteiger partial charge < -0.3 is 9.84 Å². The molecule has 0 atom stereocenters. The number of benzene rings is 1. The lowest BCUT2D eigenvalue weighted by molar-refractivity contribution is 0.0987. The molecule has 7 nitrogen and oxygen atoms in total. The summed E-state index contributed by atoms with van der Waals surface area (Å²) in [4.78, 5) is 11.9. The molecular formula is C12H13N3O4S. The van der Waals surface area contributed by atoms with Crippen LogP contribution in [0.4, 0.5) is 5.69 Å². The first-order valence-corrected chi connectivity index (χ1v) is 7.21. The van der Waals surface area contributed by atoms with Gasteiger partial charge in [-0.25, -0.2) is 13.6 Å². The summed E-state index contributed by atoms with van der Waals surface area (Å²) >= 11 is 0. The number of primary sulfonamides is 1. The summed E-state index contributed by atoms with van der Waals surface area (Å²) in [7, 11) is -3.84. The maximum Gasteiger partial charge on any atom is 0.294 e. The van der Waals surface area contributed by atoms with Gasteiger partial charge in [-0.1, -0.05) is 11.2 Å². The summed E-state index contributed by atoms with van der Waals surface area (Å²) in [5, 5.41) is 11.3. The van der Waals surface area contributed by atoms with Crippen LogP contribution in [0.2, 0.25) is 0 Å². The van der Waals surface area contributed by atoms with Crippen LogP contribution in [0.3, 0.4) is 0 Å². The van der Waals surface area contributed by atoms with Gasteiger partial charge in [0.25, 0.3) is 5.91 Å². The predicted molar refractivity (Wildman–Crippen MR) is 71.7 cm³/mol. The number of hydrogen-bond donors (Lipinski definition) is 2. The van der Waals surface area contributed by atoms with E-state index in [1.165, 1.54) is 18.2 Å². The van der Waals surface area contributed by atoms with Crippen molar-refractivity contribution >= 4 is 21.6 Å². The van der Waals surface area contributed by atoms with E-state index in [0.29, 0.717) is 16.9 Å². The van der Waals surface area contributed by atoms with E-state index in [2.05, 4.69) is 10.5 Å². The highest BCUT2D eigenvalue weighted by atomic mass is 32.2. The van der Waals surface area contributed by atoms with Crippen LogP contribution in [0.1, 0.15) is 21.8 Å². The maximum absolute atomic E-state index is 11.9. The van der Waals surface area contributed by atoms with Gasteiger partial charge in [0.2, 0.25) is 15.8 Å². The number of rotatable bonds is 3. The van der Waals surface area contributed by atoms with Crippen LogP contribution in [0.25, 0.3) is 0 Å². The van der Waals surface area contributed by atoms with Crippen molar-refractivity contribution < 1.29 is 17.7 Å². The molecule has 8 heteroatoms. The third kappa shape index (κ3) is 2.86. The zero-order valence-electron chi connectivity index (χ0n) is 10.9. The van der Waals surface area contributed by atoms with E-state index in [9.17, 15) is 13.2 Å². The summed E-state index contributed by atoms with van der Waals surface area (Å²) in [5.41, 5.74) is 1.28. The summed E-state index contributed by atoms with van der Waals surface area (Å²) in [6.45, 7) is 3.24. The van der Waals surface area contributed by atoms with Gasteiger partial charge in [0.05, 0.1) is 10.6 Å². The normalized spacial score (nSPS) is 11.3. The molecule has 0 unspecified atom stereocenters. The van der Waals surface area contributed by atoms with Gasteiger partial charge in [-0.2, -0.15) is 0 Å². The van der Waals surface area contributed by atoms with E-state index < -0.39 is 15.9 Å². The molecule has 0 aliphatic carbocycles. The molecule has 0 bridgehead atoms. The number of nitrogens with zero attached hydrogens (tertiary/aromatic N) is 1. The topological polar surface area (TPSA) is 115 Å². The van der Waals surface area contributed by atoms with E-state index in [1.807, 2.05) is 0 Å². The zero-order valence-corrected chi connectivity index (χ0v) is 11.7. The standard InChI is InChI=1S/C12H13N3O4S/c1-7-6-10(19-15-7)12(16)14-9-4-3-5-11(8(9)2)20(13,17)18/h3-6H,1-2H3,(H,14,16)(H2,13,17,18). The first-order chi connectivity index (χ1) is 9.29. The van der Waals surface area contributed by atoms with E-state index >= 15 is 0 Å². The molecule has 0 aliphatic heterocycles. The number of sulfonamides is 1. The van der Waals surface area contributed by atoms with Crippen molar-refractivity contribution in [3.63, 3.8) is 0 Å². The molecule has 1 aromatic heterocycles. The SMILES string of the molecule is Cc1cc(C(=O)Nc2cccc(S(N)(=O)=O)c2C)on1. The Morgan fingerprint density at radius 3 is 2.60 bits per heavy atom. The third-order valence-corrected chi connectivity index (χ3v) is 3.75. The summed E-state index contributed by atoms with van der Waals surface area (Å²) in [6.07, 6.45) is 0. The molecule has 106 valence electrons. The second kappa shape index (κ2) is 5.06. The minimum Gasteiger partial charge on any atom is -0.351 e. The summed E-state index contributed by atoms with van der Waals surface area (Å²) < 4.78 is 27.6. The number of aryl methyl sites for hydroxylation is 1. The molecule has 0 fully saturated rings. The lowest BCUT2D eigenvalue weighted by atomic mass is 10.2. The smallest absolute Gasteiger partial charge is 0.294 e. The van der Waals surface area contributed by atoms with Crippen molar-refractivity contribution in [3.8, 4) is 0 Å². The van der Waals surface area contributed by atoms with Gasteiger partial charge >= 0.3 is 0 Å². The van der Waals surface area contributed by atoms with E-state index in [0.717, 1.165) is 0 Å². The van der Waals surface area contributed by atoms with Crippen molar-refractivity contribution in [2.24, 2.45) is 5.14 Å². The average Bonchev–Trinajstić information content (AvgIpc) is 2.77. The molecule has 0 aliphatic rings. The number of nitrogens with two attached hydrogens (primary N) is 1. The van der Waals surface area contributed by atoms with Crippen LogP contribution in [0, 0.1) is 13.8 Å². The van der Waals surface area contributed by atoms with Crippen LogP contribution in [-0.4, -0.2) is 19.5 Å². The first-order valence-electron chi connectivity index (χ1n) is 5.66. The van der Waals surface area contributed by atoms with Crippen LogP contribution in [0.15, 0.2) is 33.7 Å². The number of amides is 1. The third-order valence-electron chi connectivity index (χ3n) is 2.69. The number of hydrogen-bond acceptors (Lipinski definition) is 5. The molecule has 20 heavy (non-hydrogen) atoms. The van der Waals surface area contributed by atoms with Crippen molar-refractivity contribution in [1.29, 1.82) is 0 Å². The Balaban J connectivity index is 2.33. The monoisotopic (exact) mass is 295 g/mol. The Hall–Kier alpha value is -2.19. The lowest BCUT2D eigenvalue weighted by Gasteiger charge is -2.10. The zero-order chi connectivity index (χ0) is 14.9. The van der Waals surface area contributed by atoms with Gasteiger partial charge in [0.1, 0.15) is 0 Å². The number of carbonyl (C=O) groups is 1. The Kier molecular flexibility index (Phi) is 3.60. The molecule has 1 amide bonds. The Labute approximate surface area is 115 Å². The Bertz CT molecular complexity index is 765. The van der Waals surface area contributed by atoms with E-state index in [1.54, 1.807) is 19.9 Å². The minimum atomic E-state index is -3.84. The Morgan fingerprint density at radius 1 is 1.35 bits per heavy atom. The largest absolute Gasteiger partial charge is 0.351 e. The first kappa shape index (κ1) is 14.2. The fraction of sp³-hybridized carbons (Fsp3) is 0.167. The Morgan fingerprint density at radius 2 is 2.05 bits per heavy atom. The van der Waals surface area contributed by atoms with Gasteiger partial charge in [-0.3, -0.25) is 4.79 Å². The van der Waals surface area contributed by atoms with E-state index in [4.69, 9.17) is 9.66 Å². The number of nitrogens with one attached hydrogen (secondary N) is 1. The second-order valence-corrected chi connectivity index (χ2v) is 5.79. The molecule has 0 saturated carbocycles. The molecule has 0 spiro atoms. The highest BCUT2D eigenvalue weighted by Crippen LogP contribution is 2.22. The molecule has 2 aromatic rings. The molecule has 2 rings (SSSR count). The molecule has 0 radical (unpaired) electrons. The number of anilines is 1. The number of carbonyl (C=O) groups excluding carboxylic acids is 1. The summed E-state index contributed by atoms with van der Waals surface area (Å²) in [5.74, 6) is -0.469. The van der Waals surface area contributed by atoms with E-state index in [-0.39, 0.29) is 10.7 Å². The fourth-order valence-corrected chi connectivity index (χ4v) is 2.52. The summed E-state index contributed by atoms with van der Waals surface area (Å²) in [6, 6.07) is 5.92. The van der Waals surface area contributed by atoms with Gasteiger partial charge in [-0.15, -0.1) is 0 Å². The second-order valence-electron chi connectivity index (χ2n) is 4.26. The highest BCUT2D eigenvalue weighted by molar-refractivity contribution is 7.89. The molecular weight excluding hydrogens is 282 g/mol. The predicted octanol–water partition coefficient (Wildman–Crippen LogP) is 1.19. The minimum absolute atomic E-state index is 0.0379. The molecule has 1 aromatic carbocycles. The van der Waals surface area contributed by atoms with Crippen molar-refractivity contribution in [3.05, 3.63) is 41.3 Å². The maximum atomic E-state index is 11.9. The highest BCUT2D eigenvalue weighted by Gasteiger charge is 2.17. The quantitative estimate of drug-likeness (QED) is 0.882. The van der Waals surface area contributed by atoms with Gasteiger partial charge in [0.15, 0.2) is 0 Å².